The van der Waals surface area contributed by atoms with Gasteiger partial charge in [-0.25, -0.2) is 0 Å². The number of hydrogen-bond acceptors (Lipinski definition) is 1. The molecule has 0 radical (unpaired) electrons. The van der Waals surface area contributed by atoms with E-state index in [1.807, 2.05) is 0 Å². The minimum Gasteiger partial charge on any atom is -0.319 e. The molecular formula is C14H33NSi2. The third-order valence-electron chi connectivity index (χ3n) is 4.81. The molecule has 1 N–H and O–H groups in total. The van der Waals surface area contributed by atoms with Crippen molar-refractivity contribution in [2.24, 2.45) is 0 Å². The van der Waals surface area contributed by atoms with Gasteiger partial charge in [0.25, 0.3) is 0 Å². The van der Waals surface area contributed by atoms with Crippen molar-refractivity contribution < 1.29 is 0 Å². The topological polar surface area (TPSA) is 12.0 Å². The van der Waals surface area contributed by atoms with E-state index in [0.717, 1.165) is 0 Å². The van der Waals surface area contributed by atoms with Gasteiger partial charge in [0.15, 0.2) is 0 Å². The zero-order valence-corrected chi connectivity index (χ0v) is 14.9. The summed E-state index contributed by atoms with van der Waals surface area (Å²) in [6.45, 7) is 18.4. The third kappa shape index (κ3) is 4.72. The van der Waals surface area contributed by atoms with Gasteiger partial charge < -0.3 is 5.32 Å². The summed E-state index contributed by atoms with van der Waals surface area (Å²) < 4.78 is 0. The molecule has 0 rings (SSSR count). The highest BCUT2D eigenvalue weighted by molar-refractivity contribution is 6.84. The summed E-state index contributed by atoms with van der Waals surface area (Å²) in [5, 5.41) is 3.91. The molecule has 0 saturated carbocycles. The second kappa shape index (κ2) is 7.54. The predicted molar refractivity (Wildman–Crippen MR) is 87.0 cm³/mol. The second-order valence-corrected chi connectivity index (χ2v) is 16.2. The van der Waals surface area contributed by atoms with Crippen LogP contribution in [0.1, 0.15) is 34.1 Å². The molecule has 0 saturated heterocycles. The smallest absolute Gasteiger partial charge is 0.0889 e. The summed E-state index contributed by atoms with van der Waals surface area (Å²) in [7, 11) is -2.28. The molecule has 0 aromatic rings. The minimum absolute atomic E-state index is 0.705. The van der Waals surface area contributed by atoms with Crippen LogP contribution >= 0.6 is 0 Å². The van der Waals surface area contributed by atoms with Crippen molar-refractivity contribution >= 4 is 16.1 Å². The van der Waals surface area contributed by atoms with E-state index in [-0.39, 0.29) is 0 Å². The summed E-state index contributed by atoms with van der Waals surface area (Å²) in [5.74, 6) is 0. The minimum atomic E-state index is -1.27. The zero-order valence-electron chi connectivity index (χ0n) is 12.9. The van der Waals surface area contributed by atoms with Gasteiger partial charge in [-0.2, -0.15) is 0 Å². The molecule has 0 aliphatic carbocycles. The molecule has 102 valence electrons. The van der Waals surface area contributed by atoms with Crippen molar-refractivity contribution in [3.8, 4) is 0 Å². The molecule has 1 atom stereocenters. The number of nitrogens with one attached hydrogen (secondary N) is 1. The van der Waals surface area contributed by atoms with E-state index in [4.69, 9.17) is 0 Å². The molecule has 0 spiro atoms. The Morgan fingerprint density at radius 3 is 1.82 bits per heavy atom. The number of hydrogen-bond donors (Lipinski definition) is 1. The largest absolute Gasteiger partial charge is 0.319 e. The van der Waals surface area contributed by atoms with Gasteiger partial charge in [0.2, 0.25) is 0 Å². The molecule has 0 aromatic heterocycles. The molecular weight excluding hydrogens is 238 g/mol. The summed E-state index contributed by atoms with van der Waals surface area (Å²) >= 11 is 0. The van der Waals surface area contributed by atoms with E-state index in [1.54, 1.807) is 0 Å². The van der Waals surface area contributed by atoms with E-state index in [2.05, 4.69) is 58.4 Å². The van der Waals surface area contributed by atoms with Crippen LogP contribution in [-0.2, 0) is 0 Å². The third-order valence-corrected chi connectivity index (χ3v) is 13.7. The first-order valence-electron chi connectivity index (χ1n) is 7.28. The molecule has 0 fully saturated rings. The highest BCUT2D eigenvalue weighted by Gasteiger charge is 2.31. The zero-order chi connectivity index (χ0) is 13.5. The van der Waals surface area contributed by atoms with Crippen LogP contribution in [0.25, 0.3) is 0 Å². The lowest BCUT2D eigenvalue weighted by molar-refractivity contribution is 0.655. The molecule has 0 bridgehead atoms. The Morgan fingerprint density at radius 1 is 1.06 bits per heavy atom. The van der Waals surface area contributed by atoms with Crippen molar-refractivity contribution in [2.45, 2.75) is 71.0 Å². The van der Waals surface area contributed by atoms with Crippen molar-refractivity contribution in [3.05, 3.63) is 12.3 Å². The predicted octanol–water partition coefficient (Wildman–Crippen LogP) is 4.38. The van der Waals surface area contributed by atoms with E-state index < -0.39 is 16.1 Å². The Bertz CT molecular complexity index is 214. The van der Waals surface area contributed by atoms with Gasteiger partial charge in [-0.05, 0) is 12.6 Å². The van der Waals surface area contributed by atoms with Crippen LogP contribution in [0.3, 0.4) is 0 Å². The maximum atomic E-state index is 4.04. The monoisotopic (exact) mass is 271 g/mol. The average Bonchev–Trinajstić information content (AvgIpc) is 2.35. The fraction of sp³-hybridized carbons (Fsp3) is 0.857. The van der Waals surface area contributed by atoms with Crippen molar-refractivity contribution in [3.63, 3.8) is 0 Å². The van der Waals surface area contributed by atoms with Crippen LogP contribution in [0.15, 0.2) is 12.3 Å². The van der Waals surface area contributed by atoms with Gasteiger partial charge in [-0.15, -0.1) is 12.3 Å². The van der Waals surface area contributed by atoms with Gasteiger partial charge in [0.1, 0.15) is 0 Å². The maximum absolute atomic E-state index is 4.04. The van der Waals surface area contributed by atoms with Crippen LogP contribution in [0, 0.1) is 0 Å². The lowest BCUT2D eigenvalue weighted by Gasteiger charge is -2.35. The lowest BCUT2D eigenvalue weighted by Crippen LogP contribution is -2.55. The fourth-order valence-electron chi connectivity index (χ4n) is 2.54. The van der Waals surface area contributed by atoms with Crippen molar-refractivity contribution in [1.82, 2.24) is 5.32 Å². The van der Waals surface area contributed by atoms with E-state index in [1.165, 1.54) is 30.7 Å². The van der Waals surface area contributed by atoms with Crippen LogP contribution < -0.4 is 5.32 Å². The van der Waals surface area contributed by atoms with Gasteiger partial charge in [0, 0.05) is 5.67 Å². The quantitative estimate of drug-likeness (QED) is 0.614. The molecule has 0 aromatic carbocycles. The van der Waals surface area contributed by atoms with Crippen LogP contribution in [0.4, 0.5) is 0 Å². The van der Waals surface area contributed by atoms with E-state index in [9.17, 15) is 0 Å². The summed E-state index contributed by atoms with van der Waals surface area (Å²) in [6, 6.07) is 4.25. The molecule has 0 amide bonds. The first kappa shape index (κ1) is 17.1. The molecule has 3 heteroatoms. The van der Waals surface area contributed by atoms with Gasteiger partial charge in [-0.3, -0.25) is 0 Å². The Labute approximate surface area is 111 Å². The van der Waals surface area contributed by atoms with Gasteiger partial charge >= 0.3 is 0 Å². The van der Waals surface area contributed by atoms with Crippen molar-refractivity contribution in [1.29, 1.82) is 0 Å². The van der Waals surface area contributed by atoms with Crippen LogP contribution in [-0.4, -0.2) is 28.0 Å². The summed E-state index contributed by atoms with van der Waals surface area (Å²) in [6.07, 6.45) is 2.55. The first-order valence-corrected chi connectivity index (χ1v) is 13.3. The Morgan fingerprint density at radius 2 is 1.53 bits per heavy atom. The van der Waals surface area contributed by atoms with Crippen LogP contribution in [0.5, 0.6) is 0 Å². The molecule has 17 heavy (non-hydrogen) atoms. The van der Waals surface area contributed by atoms with E-state index >= 15 is 0 Å². The Kier molecular flexibility index (Phi) is 7.60. The van der Waals surface area contributed by atoms with E-state index in [0.29, 0.717) is 5.67 Å². The summed E-state index contributed by atoms with van der Waals surface area (Å²) in [5.41, 5.74) is 2.94. The normalized spacial score (nSPS) is 14.7. The number of rotatable bonds is 9. The Balaban J connectivity index is 4.55. The fourth-order valence-corrected chi connectivity index (χ4v) is 7.64. The molecule has 0 aliphatic rings. The van der Waals surface area contributed by atoms with Crippen LogP contribution in [0.2, 0.25) is 31.2 Å². The standard InChI is InChI=1S/C14H33NSi2/c1-8-14(16(6,7)9-2)15-13-17(10-3,11-4)12-5/h9,14-15H,2,8,10-13H2,1,3-7H3. The molecule has 1 unspecified atom stereocenters. The molecule has 0 heterocycles. The lowest BCUT2D eigenvalue weighted by atomic mass is 10.5. The highest BCUT2D eigenvalue weighted by atomic mass is 28.3. The average molecular weight is 272 g/mol. The highest BCUT2D eigenvalue weighted by Crippen LogP contribution is 2.20. The molecule has 1 nitrogen and oxygen atoms in total. The van der Waals surface area contributed by atoms with Gasteiger partial charge in [-0.1, -0.05) is 58.9 Å². The van der Waals surface area contributed by atoms with Gasteiger partial charge in [0.05, 0.1) is 16.1 Å². The summed E-state index contributed by atoms with van der Waals surface area (Å²) in [4.78, 5) is 0. The van der Waals surface area contributed by atoms with Crippen molar-refractivity contribution in [2.75, 3.05) is 6.17 Å². The SMILES string of the molecule is C=C[Si](C)(C)C(CC)NC[Si](CC)(CC)CC. The maximum Gasteiger partial charge on any atom is 0.0889 e. The second-order valence-electron chi connectivity index (χ2n) is 5.93. The molecule has 0 aliphatic heterocycles. The first-order chi connectivity index (χ1) is 7.91. The Hall–Kier alpha value is 0.134.